The van der Waals surface area contributed by atoms with E-state index >= 15 is 0 Å². The van der Waals surface area contributed by atoms with Crippen molar-refractivity contribution in [1.82, 2.24) is 20.2 Å². The van der Waals surface area contributed by atoms with E-state index in [1.807, 2.05) is 68.1 Å². The molecule has 3 N–H and O–H groups in total. The number of anilines is 2. The van der Waals surface area contributed by atoms with Crippen LogP contribution in [0.1, 0.15) is 44.7 Å². The number of aromatic amines is 2. The van der Waals surface area contributed by atoms with Gasteiger partial charge in [0.15, 0.2) is 11.5 Å². The molecule has 172 valence electrons. The number of amides is 2. The zero-order valence-electron chi connectivity index (χ0n) is 19.4. The number of rotatable bonds is 5. The van der Waals surface area contributed by atoms with Crippen LogP contribution in [0.15, 0.2) is 48.7 Å². The lowest BCUT2D eigenvalue weighted by Gasteiger charge is -2.18. The SMILES string of the molecule is CCN1C(=O)C(C)(C)c2cc3[nH]c(-c4n[nH]cc4NC(=O)C4(c5ccccc5)CC4)nc3cc21. The standard InChI is InChI=1S/C26H26N6O2/c1-4-32-20-13-18-17(12-16(20)25(2,3)24(32)34)28-22(29-18)21-19(14-27-31-21)30-23(33)26(10-11-26)15-8-6-5-7-9-15/h5-9,12-14H,4,10-11H2,1-3H3,(H,27,31)(H,28,29)(H,30,33). The normalized spacial score (nSPS) is 17.7. The molecule has 0 unspecified atom stereocenters. The Hall–Kier alpha value is -3.94. The van der Waals surface area contributed by atoms with Crippen molar-refractivity contribution in [1.29, 1.82) is 0 Å². The summed E-state index contributed by atoms with van der Waals surface area (Å²) in [6, 6.07) is 13.9. The minimum atomic E-state index is -0.591. The van der Waals surface area contributed by atoms with Gasteiger partial charge in [-0.1, -0.05) is 30.3 Å². The van der Waals surface area contributed by atoms with Crippen LogP contribution in [-0.2, 0) is 20.4 Å². The molecule has 0 saturated heterocycles. The summed E-state index contributed by atoms with van der Waals surface area (Å²) in [4.78, 5) is 36.0. The Bertz CT molecular complexity index is 1440. The first-order valence-corrected chi connectivity index (χ1v) is 11.6. The number of nitrogens with one attached hydrogen (secondary N) is 3. The highest BCUT2D eigenvalue weighted by Crippen LogP contribution is 2.49. The van der Waals surface area contributed by atoms with E-state index in [2.05, 4.69) is 20.5 Å². The third-order valence-electron chi connectivity index (χ3n) is 7.28. The molecular formula is C26H26N6O2. The number of H-pyrrole nitrogens is 2. The lowest BCUT2D eigenvalue weighted by Crippen LogP contribution is -2.35. The molecule has 1 aliphatic heterocycles. The lowest BCUT2D eigenvalue weighted by atomic mass is 9.86. The van der Waals surface area contributed by atoms with E-state index in [-0.39, 0.29) is 11.8 Å². The van der Waals surface area contributed by atoms with Gasteiger partial charge < -0.3 is 15.2 Å². The maximum atomic E-state index is 13.2. The zero-order chi connectivity index (χ0) is 23.7. The van der Waals surface area contributed by atoms with Crippen LogP contribution in [0.3, 0.4) is 0 Å². The van der Waals surface area contributed by atoms with Crippen molar-refractivity contribution in [3.8, 4) is 11.5 Å². The van der Waals surface area contributed by atoms with Gasteiger partial charge in [0.05, 0.1) is 33.2 Å². The van der Waals surface area contributed by atoms with E-state index in [0.29, 0.717) is 23.8 Å². The van der Waals surface area contributed by atoms with Crippen molar-refractivity contribution in [3.05, 3.63) is 59.8 Å². The molecule has 0 atom stereocenters. The number of likely N-dealkylation sites (N-methyl/N-ethyl adjacent to an activating group) is 1. The van der Waals surface area contributed by atoms with Gasteiger partial charge in [-0.25, -0.2) is 4.98 Å². The second kappa shape index (κ2) is 7.03. The fourth-order valence-corrected chi connectivity index (χ4v) is 5.09. The highest BCUT2D eigenvalue weighted by atomic mass is 16.2. The molecule has 4 aromatic rings. The van der Waals surface area contributed by atoms with Crippen molar-refractivity contribution in [2.75, 3.05) is 16.8 Å². The molecule has 6 rings (SSSR count). The summed E-state index contributed by atoms with van der Waals surface area (Å²) >= 11 is 0. The summed E-state index contributed by atoms with van der Waals surface area (Å²) in [7, 11) is 0. The van der Waals surface area contributed by atoms with Crippen molar-refractivity contribution in [2.45, 2.75) is 44.4 Å². The fourth-order valence-electron chi connectivity index (χ4n) is 5.09. The second-order valence-electron chi connectivity index (χ2n) is 9.70. The third-order valence-corrected chi connectivity index (χ3v) is 7.28. The van der Waals surface area contributed by atoms with Crippen molar-refractivity contribution >= 4 is 34.2 Å². The first kappa shape index (κ1) is 20.7. The van der Waals surface area contributed by atoms with E-state index < -0.39 is 10.8 Å². The van der Waals surface area contributed by atoms with Gasteiger partial charge in [0.25, 0.3) is 0 Å². The molecule has 2 aromatic carbocycles. The molecule has 1 fully saturated rings. The number of hydrogen-bond acceptors (Lipinski definition) is 4. The third kappa shape index (κ3) is 2.84. The maximum absolute atomic E-state index is 13.2. The molecule has 2 aliphatic rings. The summed E-state index contributed by atoms with van der Waals surface area (Å²) in [6.45, 7) is 6.49. The predicted molar refractivity (Wildman–Crippen MR) is 131 cm³/mol. The van der Waals surface area contributed by atoms with Crippen molar-refractivity contribution < 1.29 is 9.59 Å². The van der Waals surface area contributed by atoms with Gasteiger partial charge >= 0.3 is 0 Å². The van der Waals surface area contributed by atoms with Gasteiger partial charge in [0, 0.05) is 12.7 Å². The second-order valence-corrected chi connectivity index (χ2v) is 9.70. The van der Waals surface area contributed by atoms with E-state index in [0.717, 1.165) is 40.7 Å². The number of carbonyl (C=O) groups excluding carboxylic acids is 2. The quantitative estimate of drug-likeness (QED) is 0.419. The Balaban J connectivity index is 1.34. The van der Waals surface area contributed by atoms with Crippen LogP contribution in [0.2, 0.25) is 0 Å². The van der Waals surface area contributed by atoms with Crippen molar-refractivity contribution in [3.63, 3.8) is 0 Å². The van der Waals surface area contributed by atoms with Crippen LogP contribution in [0.25, 0.3) is 22.6 Å². The van der Waals surface area contributed by atoms with Gasteiger partial charge in [-0.15, -0.1) is 0 Å². The topological polar surface area (TPSA) is 107 Å². The minimum absolute atomic E-state index is 0.0321. The van der Waals surface area contributed by atoms with Crippen LogP contribution < -0.4 is 10.2 Å². The first-order chi connectivity index (χ1) is 16.3. The average molecular weight is 455 g/mol. The molecule has 3 heterocycles. The Kier molecular flexibility index (Phi) is 4.27. The van der Waals surface area contributed by atoms with Gasteiger partial charge in [0.1, 0.15) is 0 Å². The van der Waals surface area contributed by atoms with Gasteiger partial charge in [-0.3, -0.25) is 14.7 Å². The summed E-state index contributed by atoms with van der Waals surface area (Å²) in [5, 5.41) is 10.3. The Morgan fingerprint density at radius 1 is 1.18 bits per heavy atom. The number of nitrogens with zero attached hydrogens (tertiary/aromatic N) is 3. The highest BCUT2D eigenvalue weighted by molar-refractivity contribution is 6.09. The summed E-state index contributed by atoms with van der Waals surface area (Å²) < 4.78 is 0. The van der Waals surface area contributed by atoms with Gasteiger partial charge in [0.2, 0.25) is 11.8 Å². The van der Waals surface area contributed by atoms with Crippen LogP contribution in [-0.4, -0.2) is 38.5 Å². The molecule has 2 amide bonds. The monoisotopic (exact) mass is 454 g/mol. The Morgan fingerprint density at radius 2 is 1.94 bits per heavy atom. The molecule has 0 radical (unpaired) electrons. The summed E-state index contributed by atoms with van der Waals surface area (Å²) in [5.74, 6) is 0.629. The molecule has 0 spiro atoms. The number of carbonyl (C=O) groups is 2. The molecule has 0 bridgehead atoms. The van der Waals surface area contributed by atoms with E-state index in [4.69, 9.17) is 4.98 Å². The summed E-state index contributed by atoms with van der Waals surface area (Å²) in [5.41, 5.74) is 4.57. The summed E-state index contributed by atoms with van der Waals surface area (Å²) in [6.07, 6.45) is 3.34. The predicted octanol–water partition coefficient (Wildman–Crippen LogP) is 4.27. The fraction of sp³-hybridized carbons (Fsp3) is 0.308. The molecule has 8 nitrogen and oxygen atoms in total. The van der Waals surface area contributed by atoms with Crippen LogP contribution in [0, 0.1) is 0 Å². The Labute approximate surface area is 196 Å². The highest BCUT2D eigenvalue weighted by Gasteiger charge is 2.51. The molecule has 8 heteroatoms. The van der Waals surface area contributed by atoms with Gasteiger partial charge in [-0.05, 0) is 56.9 Å². The maximum Gasteiger partial charge on any atom is 0.237 e. The zero-order valence-corrected chi connectivity index (χ0v) is 19.4. The largest absolute Gasteiger partial charge is 0.337 e. The van der Waals surface area contributed by atoms with Crippen LogP contribution in [0.5, 0.6) is 0 Å². The van der Waals surface area contributed by atoms with Crippen LogP contribution >= 0.6 is 0 Å². The lowest BCUT2D eigenvalue weighted by molar-refractivity contribution is -0.122. The number of benzene rings is 2. The van der Waals surface area contributed by atoms with Crippen molar-refractivity contribution in [2.24, 2.45) is 0 Å². The molecular weight excluding hydrogens is 428 g/mol. The number of aromatic nitrogens is 4. The number of imidazole rings is 1. The van der Waals surface area contributed by atoms with E-state index in [1.165, 1.54) is 0 Å². The van der Waals surface area contributed by atoms with E-state index in [9.17, 15) is 9.59 Å². The number of hydrogen-bond donors (Lipinski definition) is 3. The van der Waals surface area contributed by atoms with E-state index in [1.54, 1.807) is 6.20 Å². The van der Waals surface area contributed by atoms with Crippen LogP contribution in [0.4, 0.5) is 11.4 Å². The average Bonchev–Trinajstić information content (AvgIpc) is 3.28. The Morgan fingerprint density at radius 3 is 2.65 bits per heavy atom. The smallest absolute Gasteiger partial charge is 0.237 e. The first-order valence-electron chi connectivity index (χ1n) is 11.6. The minimum Gasteiger partial charge on any atom is -0.337 e. The molecule has 2 aromatic heterocycles. The molecule has 1 aliphatic carbocycles. The van der Waals surface area contributed by atoms with Gasteiger partial charge in [-0.2, -0.15) is 5.10 Å². The molecule has 34 heavy (non-hydrogen) atoms. The molecule has 1 saturated carbocycles. The number of fused-ring (bicyclic) bond motifs is 2.